The molecule has 0 fully saturated rings. The molecule has 28 heavy (non-hydrogen) atoms. The summed E-state index contributed by atoms with van der Waals surface area (Å²) in [6.45, 7) is 2.85. The number of hydrogen-bond donors (Lipinski definition) is 1. The van der Waals surface area contributed by atoms with E-state index in [-0.39, 0.29) is 18.0 Å². The molecule has 1 aliphatic heterocycles. The van der Waals surface area contributed by atoms with Gasteiger partial charge in [-0.15, -0.1) is 0 Å². The predicted molar refractivity (Wildman–Crippen MR) is 114 cm³/mol. The van der Waals surface area contributed by atoms with E-state index in [2.05, 4.69) is 60.8 Å². The maximum Gasteiger partial charge on any atom is 0.338 e. The van der Waals surface area contributed by atoms with E-state index in [1.807, 2.05) is 6.07 Å². The van der Waals surface area contributed by atoms with Crippen LogP contribution >= 0.6 is 0 Å². The lowest BCUT2D eigenvalue weighted by Crippen LogP contribution is -2.42. The fraction of sp³-hybridized carbons (Fsp3) is 0.417. The van der Waals surface area contributed by atoms with Crippen LogP contribution in [0.25, 0.3) is 0 Å². The van der Waals surface area contributed by atoms with Crippen molar-refractivity contribution < 1.29 is 4.79 Å². The van der Waals surface area contributed by atoms with Crippen LogP contribution in [0.3, 0.4) is 0 Å². The molecular weight excluding hydrogens is 346 g/mol. The van der Waals surface area contributed by atoms with E-state index >= 15 is 0 Å². The van der Waals surface area contributed by atoms with Crippen LogP contribution in [0.1, 0.15) is 55.2 Å². The van der Waals surface area contributed by atoms with Crippen molar-refractivity contribution >= 4 is 11.7 Å². The number of urea groups is 1. The Kier molecular flexibility index (Phi) is 5.75. The Morgan fingerprint density at radius 3 is 2.39 bits per heavy atom. The molecule has 0 radical (unpaired) electrons. The molecule has 4 heteroatoms. The van der Waals surface area contributed by atoms with Crippen molar-refractivity contribution in [1.29, 1.82) is 0 Å². The zero-order valence-electron chi connectivity index (χ0n) is 16.6. The quantitative estimate of drug-likeness (QED) is 0.717. The third kappa shape index (κ3) is 4.11. The molecule has 146 valence electrons. The number of nitrogens with one attached hydrogen (secondary N) is 1. The number of unbranched alkanes of at least 4 members (excludes halogenated alkanes) is 2. The number of rotatable bonds is 6. The number of carbonyl (C=O) groups excluding carboxylic acids is 1. The average molecular weight is 376 g/mol. The number of hydrogen-bond acceptors (Lipinski definition) is 2. The van der Waals surface area contributed by atoms with E-state index in [9.17, 15) is 4.79 Å². The van der Waals surface area contributed by atoms with Gasteiger partial charge in [0.2, 0.25) is 0 Å². The summed E-state index contributed by atoms with van der Waals surface area (Å²) in [5.41, 5.74) is 5.09. The van der Waals surface area contributed by atoms with Crippen LogP contribution in [0.5, 0.6) is 0 Å². The molecule has 4 nitrogen and oxygen atoms in total. The number of amides is 2. The summed E-state index contributed by atoms with van der Waals surface area (Å²) in [6, 6.07) is 19.0. The van der Waals surface area contributed by atoms with Gasteiger partial charge in [-0.1, -0.05) is 74.4 Å². The van der Waals surface area contributed by atoms with Crippen molar-refractivity contribution in [2.45, 2.75) is 57.4 Å². The normalized spacial score (nSPS) is 18.8. The van der Waals surface area contributed by atoms with E-state index in [1.54, 1.807) is 5.01 Å². The van der Waals surface area contributed by atoms with Gasteiger partial charge in [-0.25, -0.2) is 9.80 Å². The lowest BCUT2D eigenvalue weighted by Gasteiger charge is -2.18. The zero-order valence-corrected chi connectivity index (χ0v) is 16.6. The molecule has 1 aliphatic carbocycles. The Bertz CT molecular complexity index is 821. The van der Waals surface area contributed by atoms with Gasteiger partial charge in [0.05, 0.1) is 6.54 Å². The summed E-state index contributed by atoms with van der Waals surface area (Å²) in [4.78, 5) is 12.9. The molecule has 2 aliphatic rings. The summed E-state index contributed by atoms with van der Waals surface area (Å²) in [5.74, 6) is 0.213. The average Bonchev–Trinajstić information content (AvgIpc) is 3.32. The minimum absolute atomic E-state index is 0.0655. The Balaban J connectivity index is 1.43. The first-order valence-electron chi connectivity index (χ1n) is 10.5. The highest BCUT2D eigenvalue weighted by molar-refractivity contribution is 5.94. The fourth-order valence-corrected chi connectivity index (χ4v) is 4.35. The maximum absolute atomic E-state index is 12.9. The number of nitrogens with zero attached hydrogens (tertiary/aromatic N) is 2. The van der Waals surface area contributed by atoms with Gasteiger partial charge >= 0.3 is 6.03 Å². The summed E-state index contributed by atoms with van der Waals surface area (Å²) in [6.07, 6.45) is 6.30. The zero-order chi connectivity index (χ0) is 19.3. The molecule has 0 spiro atoms. The first kappa shape index (κ1) is 18.7. The third-order valence-corrected chi connectivity index (χ3v) is 5.86. The number of carbonyl (C=O) groups is 1. The smallest absolute Gasteiger partial charge is 0.333 e. The highest BCUT2D eigenvalue weighted by Gasteiger charge is 2.32. The molecular formula is C24H29N3O. The molecule has 2 aromatic rings. The van der Waals surface area contributed by atoms with Gasteiger partial charge < -0.3 is 5.32 Å². The van der Waals surface area contributed by atoms with Gasteiger partial charge in [-0.05, 0) is 42.4 Å². The molecule has 1 atom stereocenters. The summed E-state index contributed by atoms with van der Waals surface area (Å²) >= 11 is 0. The van der Waals surface area contributed by atoms with Gasteiger partial charge in [0, 0.05) is 17.7 Å². The lowest BCUT2D eigenvalue weighted by molar-refractivity contribution is 0.200. The lowest BCUT2D eigenvalue weighted by atomic mass is 9.92. The first-order valence-corrected chi connectivity index (χ1v) is 10.5. The number of fused-ring (bicyclic) bond motifs is 1. The highest BCUT2D eigenvalue weighted by Crippen LogP contribution is 2.28. The Morgan fingerprint density at radius 2 is 1.71 bits per heavy atom. The largest absolute Gasteiger partial charge is 0.338 e. The molecule has 4 rings (SSSR count). The molecule has 0 aromatic heterocycles. The predicted octanol–water partition coefficient (Wildman–Crippen LogP) is 4.90. The van der Waals surface area contributed by atoms with Crippen molar-refractivity contribution in [3.05, 3.63) is 71.3 Å². The topological polar surface area (TPSA) is 44.7 Å². The van der Waals surface area contributed by atoms with Gasteiger partial charge in [-0.3, -0.25) is 0 Å². The van der Waals surface area contributed by atoms with Crippen LogP contribution in [0, 0.1) is 0 Å². The molecule has 1 N–H and O–H groups in total. The first-order chi connectivity index (χ1) is 13.7. The molecule has 2 aromatic carbocycles. The summed E-state index contributed by atoms with van der Waals surface area (Å²) in [5, 5.41) is 9.61. The van der Waals surface area contributed by atoms with Crippen molar-refractivity contribution in [3.8, 4) is 0 Å². The minimum Gasteiger partial charge on any atom is -0.333 e. The van der Waals surface area contributed by atoms with E-state index in [1.165, 1.54) is 29.5 Å². The molecule has 0 saturated carbocycles. The van der Waals surface area contributed by atoms with E-state index in [0.29, 0.717) is 6.54 Å². The molecule has 2 amide bonds. The van der Waals surface area contributed by atoms with Gasteiger partial charge in [0.1, 0.15) is 0 Å². The molecule has 0 bridgehead atoms. The van der Waals surface area contributed by atoms with Crippen molar-refractivity contribution in [3.63, 3.8) is 0 Å². The van der Waals surface area contributed by atoms with Crippen LogP contribution in [-0.4, -0.2) is 29.3 Å². The van der Waals surface area contributed by atoms with Crippen LogP contribution in [0.2, 0.25) is 0 Å². The van der Waals surface area contributed by atoms with Gasteiger partial charge in [0.25, 0.3) is 0 Å². The van der Waals surface area contributed by atoms with Crippen LogP contribution in [0.4, 0.5) is 4.79 Å². The Morgan fingerprint density at radius 1 is 1.04 bits per heavy atom. The number of hydrazone groups is 1. The monoisotopic (exact) mass is 375 g/mol. The van der Waals surface area contributed by atoms with Crippen LogP contribution in [-0.2, 0) is 12.8 Å². The van der Waals surface area contributed by atoms with E-state index in [0.717, 1.165) is 31.4 Å². The van der Waals surface area contributed by atoms with Crippen LogP contribution < -0.4 is 5.32 Å². The van der Waals surface area contributed by atoms with Crippen molar-refractivity contribution in [2.75, 3.05) is 6.54 Å². The highest BCUT2D eigenvalue weighted by atomic mass is 16.2. The fourth-order valence-electron chi connectivity index (χ4n) is 4.35. The molecule has 1 heterocycles. The van der Waals surface area contributed by atoms with Gasteiger partial charge in [-0.2, -0.15) is 5.10 Å². The second-order valence-electron chi connectivity index (χ2n) is 7.92. The van der Waals surface area contributed by atoms with Crippen molar-refractivity contribution in [2.24, 2.45) is 5.10 Å². The van der Waals surface area contributed by atoms with E-state index in [4.69, 9.17) is 5.10 Å². The van der Waals surface area contributed by atoms with Gasteiger partial charge in [0.15, 0.2) is 0 Å². The second-order valence-corrected chi connectivity index (χ2v) is 7.92. The van der Waals surface area contributed by atoms with Crippen LogP contribution in [0.15, 0.2) is 59.7 Å². The summed E-state index contributed by atoms with van der Waals surface area (Å²) in [7, 11) is 0. The molecule has 0 saturated heterocycles. The standard InChI is InChI=1S/C24H29N3O/c1-2-3-5-14-23-22(18-10-6-4-7-11-18)17-27(26-23)24(28)25-21-15-19-12-8-9-13-20(19)16-21/h4,6-13,21-22H,2-3,5,14-17H2,1H3,(H,25,28). The number of benzene rings is 2. The second kappa shape index (κ2) is 8.59. The maximum atomic E-state index is 12.9. The van der Waals surface area contributed by atoms with E-state index < -0.39 is 0 Å². The van der Waals surface area contributed by atoms with Crippen molar-refractivity contribution in [1.82, 2.24) is 10.3 Å². The SMILES string of the molecule is CCCCCC1=NN(C(=O)NC2Cc3ccccc3C2)CC1c1ccccc1. The Labute approximate surface area is 167 Å². The third-order valence-electron chi connectivity index (χ3n) is 5.86. The minimum atomic E-state index is -0.0655. The summed E-state index contributed by atoms with van der Waals surface area (Å²) < 4.78 is 0. The molecule has 1 unspecified atom stereocenters. The Hall–Kier alpha value is -2.62.